The van der Waals surface area contributed by atoms with Crippen LogP contribution in [0.25, 0.3) is 0 Å². The average molecular weight is 272 g/mol. The van der Waals surface area contributed by atoms with Crippen LogP contribution in [0.2, 0.25) is 0 Å². The number of hydrogen-bond donors (Lipinski definition) is 1. The third kappa shape index (κ3) is 2.51. The Morgan fingerprint density at radius 2 is 2.27 bits per heavy atom. The van der Waals surface area contributed by atoms with Crippen LogP contribution in [0.15, 0.2) is 22.7 Å². The van der Waals surface area contributed by atoms with E-state index in [4.69, 9.17) is 15.2 Å². The molecule has 3 nitrogen and oxygen atoms in total. The van der Waals surface area contributed by atoms with E-state index >= 15 is 0 Å². The quantitative estimate of drug-likeness (QED) is 0.917. The Balaban J connectivity index is 2.21. The SMILES string of the molecule is CC(N)c1ccc(Br)cc1OC1COC1. The van der Waals surface area contributed by atoms with Crippen molar-refractivity contribution in [1.29, 1.82) is 0 Å². The highest BCUT2D eigenvalue weighted by atomic mass is 79.9. The van der Waals surface area contributed by atoms with E-state index in [1.54, 1.807) is 0 Å². The first-order chi connectivity index (χ1) is 7.16. The van der Waals surface area contributed by atoms with Crippen LogP contribution in [0.3, 0.4) is 0 Å². The zero-order valence-electron chi connectivity index (χ0n) is 8.57. The molecular formula is C11H14BrNO2. The molecule has 1 heterocycles. The monoisotopic (exact) mass is 271 g/mol. The third-order valence-corrected chi connectivity index (χ3v) is 2.86. The predicted molar refractivity (Wildman–Crippen MR) is 62.0 cm³/mol. The summed E-state index contributed by atoms with van der Waals surface area (Å²) in [6, 6.07) is 5.90. The van der Waals surface area contributed by atoms with E-state index in [-0.39, 0.29) is 12.1 Å². The van der Waals surface area contributed by atoms with Gasteiger partial charge in [-0.25, -0.2) is 0 Å². The molecule has 82 valence electrons. The van der Waals surface area contributed by atoms with Crippen LogP contribution in [0.1, 0.15) is 18.5 Å². The van der Waals surface area contributed by atoms with Crippen LogP contribution in [-0.2, 0) is 4.74 Å². The molecule has 1 aromatic carbocycles. The predicted octanol–water partition coefficient (Wildman–Crippen LogP) is 2.25. The third-order valence-electron chi connectivity index (χ3n) is 2.37. The van der Waals surface area contributed by atoms with Crippen molar-refractivity contribution in [2.45, 2.75) is 19.1 Å². The Labute approximate surface area is 97.7 Å². The van der Waals surface area contributed by atoms with Gasteiger partial charge in [-0.2, -0.15) is 0 Å². The molecule has 0 aliphatic carbocycles. The first kappa shape index (κ1) is 10.9. The van der Waals surface area contributed by atoms with Crippen LogP contribution >= 0.6 is 15.9 Å². The van der Waals surface area contributed by atoms with Gasteiger partial charge in [0.25, 0.3) is 0 Å². The Bertz CT molecular complexity index is 350. The van der Waals surface area contributed by atoms with E-state index in [0.29, 0.717) is 13.2 Å². The minimum absolute atomic E-state index is 0.0194. The summed E-state index contributed by atoms with van der Waals surface area (Å²) in [5, 5.41) is 0. The van der Waals surface area contributed by atoms with E-state index < -0.39 is 0 Å². The van der Waals surface area contributed by atoms with Gasteiger partial charge < -0.3 is 15.2 Å². The molecule has 0 radical (unpaired) electrons. The summed E-state index contributed by atoms with van der Waals surface area (Å²) in [4.78, 5) is 0. The van der Waals surface area contributed by atoms with Crippen LogP contribution < -0.4 is 10.5 Å². The zero-order valence-corrected chi connectivity index (χ0v) is 10.2. The molecule has 1 aliphatic heterocycles. The largest absolute Gasteiger partial charge is 0.485 e. The molecule has 0 bridgehead atoms. The maximum absolute atomic E-state index is 5.87. The van der Waals surface area contributed by atoms with Gasteiger partial charge in [0.05, 0.1) is 13.2 Å². The number of benzene rings is 1. The van der Waals surface area contributed by atoms with Gasteiger partial charge in [0.1, 0.15) is 11.9 Å². The van der Waals surface area contributed by atoms with Crippen LogP contribution in [0.5, 0.6) is 5.75 Å². The van der Waals surface area contributed by atoms with E-state index in [9.17, 15) is 0 Å². The number of hydrogen-bond acceptors (Lipinski definition) is 3. The van der Waals surface area contributed by atoms with Gasteiger partial charge in [0.15, 0.2) is 0 Å². The molecule has 0 spiro atoms. The Hall–Kier alpha value is -0.580. The van der Waals surface area contributed by atoms with Gasteiger partial charge >= 0.3 is 0 Å². The van der Waals surface area contributed by atoms with Gasteiger partial charge in [0, 0.05) is 16.1 Å². The maximum Gasteiger partial charge on any atom is 0.145 e. The molecule has 1 unspecified atom stereocenters. The number of halogens is 1. The molecule has 1 aromatic rings. The summed E-state index contributed by atoms with van der Waals surface area (Å²) < 4.78 is 11.9. The fourth-order valence-electron chi connectivity index (χ4n) is 1.45. The van der Waals surface area contributed by atoms with Crippen LogP contribution in [0, 0.1) is 0 Å². The summed E-state index contributed by atoms with van der Waals surface area (Å²) in [5.41, 5.74) is 6.91. The van der Waals surface area contributed by atoms with Crippen molar-refractivity contribution in [2.24, 2.45) is 5.73 Å². The molecule has 0 saturated carbocycles. The minimum atomic E-state index is -0.0194. The second-order valence-corrected chi connectivity index (χ2v) is 4.66. The molecule has 0 amide bonds. The smallest absolute Gasteiger partial charge is 0.145 e. The molecule has 1 saturated heterocycles. The van der Waals surface area contributed by atoms with Crippen molar-refractivity contribution in [3.63, 3.8) is 0 Å². The van der Waals surface area contributed by atoms with Gasteiger partial charge in [-0.1, -0.05) is 22.0 Å². The van der Waals surface area contributed by atoms with Crippen molar-refractivity contribution in [3.8, 4) is 5.75 Å². The lowest BCUT2D eigenvalue weighted by atomic mass is 10.1. The fourth-order valence-corrected chi connectivity index (χ4v) is 1.79. The number of nitrogens with two attached hydrogens (primary N) is 1. The fraction of sp³-hybridized carbons (Fsp3) is 0.455. The zero-order chi connectivity index (χ0) is 10.8. The molecule has 15 heavy (non-hydrogen) atoms. The van der Waals surface area contributed by atoms with Crippen molar-refractivity contribution < 1.29 is 9.47 Å². The molecule has 0 aromatic heterocycles. The van der Waals surface area contributed by atoms with Gasteiger partial charge in [-0.15, -0.1) is 0 Å². The van der Waals surface area contributed by atoms with E-state index in [1.807, 2.05) is 25.1 Å². The second kappa shape index (κ2) is 4.51. The average Bonchev–Trinajstić information content (AvgIpc) is 2.11. The lowest BCUT2D eigenvalue weighted by Crippen LogP contribution is -2.38. The van der Waals surface area contributed by atoms with Crippen molar-refractivity contribution in [3.05, 3.63) is 28.2 Å². The normalized spacial score (nSPS) is 18.3. The standard InChI is InChI=1S/C11H14BrNO2/c1-7(13)10-3-2-8(12)4-11(10)15-9-5-14-6-9/h2-4,7,9H,5-6,13H2,1H3. The highest BCUT2D eigenvalue weighted by Crippen LogP contribution is 2.29. The minimum Gasteiger partial charge on any atom is -0.485 e. The van der Waals surface area contributed by atoms with Gasteiger partial charge in [0.2, 0.25) is 0 Å². The first-order valence-electron chi connectivity index (χ1n) is 4.96. The lowest BCUT2D eigenvalue weighted by molar-refractivity contribution is -0.0800. The van der Waals surface area contributed by atoms with Crippen molar-refractivity contribution in [2.75, 3.05) is 13.2 Å². The van der Waals surface area contributed by atoms with Gasteiger partial charge in [-0.3, -0.25) is 0 Å². The van der Waals surface area contributed by atoms with E-state index in [0.717, 1.165) is 15.8 Å². The highest BCUT2D eigenvalue weighted by Gasteiger charge is 2.22. The van der Waals surface area contributed by atoms with Gasteiger partial charge in [-0.05, 0) is 19.1 Å². The van der Waals surface area contributed by atoms with Crippen LogP contribution in [0.4, 0.5) is 0 Å². The Kier molecular flexibility index (Phi) is 3.29. The molecule has 1 atom stereocenters. The van der Waals surface area contributed by atoms with E-state index in [1.165, 1.54) is 0 Å². The second-order valence-electron chi connectivity index (χ2n) is 3.75. The van der Waals surface area contributed by atoms with E-state index in [2.05, 4.69) is 15.9 Å². The lowest BCUT2D eigenvalue weighted by Gasteiger charge is -2.28. The molecule has 4 heteroatoms. The summed E-state index contributed by atoms with van der Waals surface area (Å²) in [7, 11) is 0. The van der Waals surface area contributed by atoms with Crippen molar-refractivity contribution >= 4 is 15.9 Å². The molecule has 1 fully saturated rings. The summed E-state index contributed by atoms with van der Waals surface area (Å²) >= 11 is 3.42. The Morgan fingerprint density at radius 1 is 1.53 bits per heavy atom. The summed E-state index contributed by atoms with van der Waals surface area (Å²) in [6.45, 7) is 3.29. The topological polar surface area (TPSA) is 44.5 Å². The maximum atomic E-state index is 5.87. The summed E-state index contributed by atoms with van der Waals surface area (Å²) in [5.74, 6) is 0.854. The first-order valence-corrected chi connectivity index (χ1v) is 5.75. The number of rotatable bonds is 3. The molecule has 2 N–H and O–H groups in total. The van der Waals surface area contributed by atoms with Crippen molar-refractivity contribution in [1.82, 2.24) is 0 Å². The Morgan fingerprint density at radius 3 is 2.80 bits per heavy atom. The summed E-state index contributed by atoms with van der Waals surface area (Å²) in [6.07, 6.45) is 0.178. The number of ether oxygens (including phenoxy) is 2. The molecule has 1 aliphatic rings. The van der Waals surface area contributed by atoms with Crippen LogP contribution in [-0.4, -0.2) is 19.3 Å². The molecule has 2 rings (SSSR count). The molecular weight excluding hydrogens is 258 g/mol. The highest BCUT2D eigenvalue weighted by molar-refractivity contribution is 9.10.